The largest absolute Gasteiger partial charge is 0.481 e. The number of carboxylic acids is 1. The second-order valence-corrected chi connectivity index (χ2v) is 9.15. The molecule has 0 aliphatic heterocycles. The molecule has 0 saturated heterocycles. The summed E-state index contributed by atoms with van der Waals surface area (Å²) < 4.78 is 27.4. The normalized spacial score (nSPS) is 11.9. The zero-order chi connectivity index (χ0) is 21.9. The van der Waals surface area contributed by atoms with Crippen LogP contribution in [0.25, 0.3) is 17.0 Å². The van der Waals surface area contributed by atoms with E-state index in [-0.39, 0.29) is 24.4 Å². The number of aromatic nitrogens is 1. The summed E-state index contributed by atoms with van der Waals surface area (Å²) in [7, 11) is -3.79. The van der Waals surface area contributed by atoms with E-state index in [2.05, 4.69) is 0 Å². The van der Waals surface area contributed by atoms with Gasteiger partial charge < -0.3 is 5.11 Å². The van der Waals surface area contributed by atoms with E-state index in [0.29, 0.717) is 27.2 Å². The number of nitrogens with zero attached hydrogens (tertiary/aromatic N) is 1. The molecule has 0 aliphatic carbocycles. The van der Waals surface area contributed by atoms with Gasteiger partial charge in [-0.15, -0.1) is 0 Å². The lowest BCUT2D eigenvalue weighted by atomic mass is 10.1. The Balaban J connectivity index is 1.91. The van der Waals surface area contributed by atoms with Gasteiger partial charge in [0.15, 0.2) is 5.78 Å². The Morgan fingerprint density at radius 3 is 2.43 bits per heavy atom. The standard InChI is InChI=1S/C22H20ClNO5S/c1-15(25)17-6-4-16(5-7-17)3-2-12-30(28,29)24-20(9-11-22(26)27)14-18-13-19(23)8-10-21(18)24/h2-8,10,13-14H,9,11-12H2,1H3,(H,26,27). The van der Waals surface area contributed by atoms with E-state index < -0.39 is 16.0 Å². The van der Waals surface area contributed by atoms with E-state index in [1.807, 2.05) is 0 Å². The highest BCUT2D eigenvalue weighted by atomic mass is 35.5. The molecule has 156 valence electrons. The van der Waals surface area contributed by atoms with E-state index in [1.165, 1.54) is 17.0 Å². The molecular weight excluding hydrogens is 426 g/mol. The number of carbonyl (C=O) groups excluding carboxylic acids is 1. The molecule has 1 heterocycles. The lowest BCUT2D eigenvalue weighted by molar-refractivity contribution is -0.136. The van der Waals surface area contributed by atoms with Gasteiger partial charge in [0.25, 0.3) is 0 Å². The Kier molecular flexibility index (Phi) is 6.43. The number of aliphatic carboxylic acids is 1. The second-order valence-electron chi connectivity index (χ2n) is 6.86. The number of hydrogen-bond acceptors (Lipinski definition) is 4. The van der Waals surface area contributed by atoms with Gasteiger partial charge in [0, 0.05) is 21.7 Å². The number of carbonyl (C=O) groups is 2. The lowest BCUT2D eigenvalue weighted by Gasteiger charge is -2.10. The molecule has 0 saturated carbocycles. The molecule has 2 aromatic carbocycles. The molecule has 0 radical (unpaired) electrons. The van der Waals surface area contributed by atoms with Crippen LogP contribution in [0.4, 0.5) is 0 Å². The van der Waals surface area contributed by atoms with E-state index in [9.17, 15) is 18.0 Å². The molecule has 6 nitrogen and oxygen atoms in total. The fourth-order valence-corrected chi connectivity index (χ4v) is 4.80. The van der Waals surface area contributed by atoms with Gasteiger partial charge in [-0.1, -0.05) is 48.0 Å². The van der Waals surface area contributed by atoms with Gasteiger partial charge in [0.05, 0.1) is 17.7 Å². The summed E-state index contributed by atoms with van der Waals surface area (Å²) in [5.41, 5.74) is 2.21. The number of Topliss-reactive ketones (excluding diaryl/α,β-unsaturated/α-hetero) is 1. The zero-order valence-electron chi connectivity index (χ0n) is 16.2. The molecule has 0 fully saturated rings. The predicted molar refractivity (Wildman–Crippen MR) is 118 cm³/mol. The van der Waals surface area contributed by atoms with E-state index in [0.717, 1.165) is 5.56 Å². The summed E-state index contributed by atoms with van der Waals surface area (Å²) in [5, 5.41) is 10.1. The predicted octanol–water partition coefficient (Wildman–Crippen LogP) is 4.41. The topological polar surface area (TPSA) is 93.4 Å². The van der Waals surface area contributed by atoms with Crippen molar-refractivity contribution in [2.45, 2.75) is 19.8 Å². The van der Waals surface area contributed by atoms with Crippen LogP contribution >= 0.6 is 11.6 Å². The molecule has 1 aromatic heterocycles. The molecule has 1 N–H and O–H groups in total. The number of ketones is 1. The molecule has 0 bridgehead atoms. The molecular formula is C22H20ClNO5S. The van der Waals surface area contributed by atoms with Crippen molar-refractivity contribution in [2.75, 3.05) is 5.75 Å². The Bertz CT molecular complexity index is 1240. The maximum atomic E-state index is 13.1. The van der Waals surface area contributed by atoms with Gasteiger partial charge in [-0.25, -0.2) is 12.4 Å². The van der Waals surface area contributed by atoms with Crippen molar-refractivity contribution in [3.63, 3.8) is 0 Å². The monoisotopic (exact) mass is 445 g/mol. The third kappa shape index (κ3) is 4.98. The molecule has 8 heteroatoms. The van der Waals surface area contributed by atoms with Crippen molar-refractivity contribution < 1.29 is 23.1 Å². The first kappa shape index (κ1) is 21.8. The van der Waals surface area contributed by atoms with Crippen molar-refractivity contribution in [1.29, 1.82) is 0 Å². The SMILES string of the molecule is CC(=O)c1ccc(C=CCS(=O)(=O)n2c(CCC(=O)O)cc3cc(Cl)ccc32)cc1. The van der Waals surface area contributed by atoms with Gasteiger partial charge in [0.2, 0.25) is 10.0 Å². The molecule has 0 atom stereocenters. The van der Waals surface area contributed by atoms with Gasteiger partial charge in [-0.05, 0) is 43.2 Å². The average molecular weight is 446 g/mol. The minimum Gasteiger partial charge on any atom is -0.481 e. The summed E-state index contributed by atoms with van der Waals surface area (Å²) in [4.78, 5) is 22.3. The Morgan fingerprint density at radius 2 is 1.80 bits per heavy atom. The van der Waals surface area contributed by atoms with Crippen molar-refractivity contribution in [1.82, 2.24) is 3.97 Å². The highest BCUT2D eigenvalue weighted by Gasteiger charge is 2.20. The maximum absolute atomic E-state index is 13.1. The number of rotatable bonds is 8. The summed E-state index contributed by atoms with van der Waals surface area (Å²) in [5.74, 6) is -1.31. The van der Waals surface area contributed by atoms with Crippen molar-refractivity contribution >= 4 is 50.4 Å². The van der Waals surface area contributed by atoms with Crippen LogP contribution in [-0.2, 0) is 21.2 Å². The number of benzene rings is 2. The third-order valence-electron chi connectivity index (χ3n) is 4.60. The molecule has 30 heavy (non-hydrogen) atoms. The number of aryl methyl sites for hydroxylation is 1. The fourth-order valence-electron chi connectivity index (χ4n) is 3.17. The van der Waals surface area contributed by atoms with E-state index >= 15 is 0 Å². The van der Waals surface area contributed by atoms with Gasteiger partial charge in [-0.2, -0.15) is 0 Å². The molecule has 0 unspecified atom stereocenters. The first-order valence-corrected chi connectivity index (χ1v) is 11.2. The zero-order valence-corrected chi connectivity index (χ0v) is 17.8. The van der Waals surface area contributed by atoms with Crippen LogP contribution in [-0.4, -0.2) is 35.0 Å². The van der Waals surface area contributed by atoms with Crippen LogP contribution in [0.1, 0.15) is 35.0 Å². The van der Waals surface area contributed by atoms with Crippen LogP contribution in [0.5, 0.6) is 0 Å². The summed E-state index contributed by atoms with van der Waals surface area (Å²) in [6.07, 6.45) is 3.09. The second kappa shape index (κ2) is 8.85. The quantitative estimate of drug-likeness (QED) is 0.518. The third-order valence-corrected chi connectivity index (χ3v) is 6.44. The minimum atomic E-state index is -3.79. The first-order valence-electron chi connectivity index (χ1n) is 9.20. The van der Waals surface area contributed by atoms with Crippen LogP contribution in [0, 0.1) is 0 Å². The number of hydrogen-bond donors (Lipinski definition) is 1. The minimum absolute atomic E-state index is 0.0402. The molecule has 0 amide bonds. The van der Waals surface area contributed by atoms with E-state index in [1.54, 1.807) is 54.6 Å². The first-order chi connectivity index (χ1) is 14.2. The summed E-state index contributed by atoms with van der Waals surface area (Å²) >= 11 is 6.02. The molecule has 0 aliphatic rings. The average Bonchev–Trinajstić information content (AvgIpc) is 3.05. The van der Waals surface area contributed by atoms with Crippen LogP contribution in [0.3, 0.4) is 0 Å². The maximum Gasteiger partial charge on any atom is 0.303 e. The number of halogens is 1. The molecule has 3 rings (SSSR count). The van der Waals surface area contributed by atoms with Crippen molar-refractivity contribution in [3.8, 4) is 0 Å². The van der Waals surface area contributed by atoms with Crippen LogP contribution < -0.4 is 0 Å². The Labute approximate surface area is 179 Å². The molecule has 3 aromatic rings. The number of fused-ring (bicyclic) bond motifs is 1. The van der Waals surface area contributed by atoms with E-state index in [4.69, 9.17) is 16.7 Å². The Morgan fingerprint density at radius 1 is 1.10 bits per heavy atom. The summed E-state index contributed by atoms with van der Waals surface area (Å²) in [6.45, 7) is 1.48. The van der Waals surface area contributed by atoms with Crippen molar-refractivity contribution in [2.24, 2.45) is 0 Å². The highest BCUT2D eigenvalue weighted by molar-refractivity contribution is 7.90. The van der Waals surface area contributed by atoms with Crippen molar-refractivity contribution in [3.05, 3.63) is 76.5 Å². The lowest BCUT2D eigenvalue weighted by Crippen LogP contribution is -2.18. The number of carboxylic acid groups (broad SMARTS) is 1. The van der Waals surface area contributed by atoms with Gasteiger partial charge >= 0.3 is 5.97 Å². The summed E-state index contributed by atoms with van der Waals surface area (Å²) in [6, 6.07) is 13.4. The highest BCUT2D eigenvalue weighted by Crippen LogP contribution is 2.26. The van der Waals surface area contributed by atoms with Crippen LogP contribution in [0.15, 0.2) is 54.6 Å². The van der Waals surface area contributed by atoms with Crippen LogP contribution in [0.2, 0.25) is 5.02 Å². The smallest absolute Gasteiger partial charge is 0.303 e. The molecule has 0 spiro atoms. The van der Waals surface area contributed by atoms with Gasteiger partial charge in [-0.3, -0.25) is 9.59 Å². The fraction of sp³-hybridized carbons (Fsp3) is 0.182. The van der Waals surface area contributed by atoms with Gasteiger partial charge in [0.1, 0.15) is 0 Å². The Hall–Kier alpha value is -2.90.